The molecule has 0 radical (unpaired) electrons. The van der Waals surface area contributed by atoms with Crippen LogP contribution in [0.1, 0.15) is 12.8 Å². The number of likely N-dealkylation sites (tertiary alicyclic amines) is 1. The topological polar surface area (TPSA) is 105 Å². The molecule has 0 aromatic rings. The summed E-state index contributed by atoms with van der Waals surface area (Å²) in [6.07, 6.45) is 1.99. The fraction of sp³-hybridized carbons (Fsp3) is 0.700. The Labute approximate surface area is 99.7 Å². The Morgan fingerprint density at radius 2 is 1.65 bits per heavy atom. The minimum atomic E-state index is -0.800. The lowest BCUT2D eigenvalue weighted by Crippen LogP contribution is -2.45. The van der Waals surface area contributed by atoms with Crippen LogP contribution >= 0.6 is 0 Å². The quantitative estimate of drug-likeness (QED) is 0.486. The number of rotatable bonds is 4. The molecule has 1 aliphatic heterocycles. The first-order valence-electron chi connectivity index (χ1n) is 5.69. The largest absolute Gasteiger partial charge is 0.347 e. The van der Waals surface area contributed by atoms with Crippen LogP contribution in [0, 0.1) is 0 Å². The molecule has 1 aliphatic rings. The van der Waals surface area contributed by atoms with Crippen molar-refractivity contribution in [2.45, 2.75) is 12.8 Å². The van der Waals surface area contributed by atoms with Gasteiger partial charge >= 0.3 is 11.8 Å². The first-order chi connectivity index (χ1) is 8.15. The molecule has 0 aromatic carbocycles. The number of amides is 3. The van der Waals surface area contributed by atoms with Gasteiger partial charge in [-0.2, -0.15) is 0 Å². The van der Waals surface area contributed by atoms with E-state index in [1.807, 2.05) is 0 Å². The van der Waals surface area contributed by atoms with Crippen molar-refractivity contribution in [3.63, 3.8) is 0 Å². The van der Waals surface area contributed by atoms with Crippen LogP contribution in [0.25, 0.3) is 0 Å². The number of carbonyl (C=O) groups is 3. The molecule has 0 atom stereocenters. The molecule has 0 bridgehead atoms. The Morgan fingerprint density at radius 1 is 1.06 bits per heavy atom. The average Bonchev–Trinajstić information content (AvgIpc) is 2.86. The molecule has 1 heterocycles. The number of nitrogens with one attached hydrogen (secondary N) is 2. The van der Waals surface area contributed by atoms with Crippen LogP contribution < -0.4 is 16.4 Å². The third-order valence-electron chi connectivity index (χ3n) is 2.50. The average molecular weight is 242 g/mol. The van der Waals surface area contributed by atoms with Crippen molar-refractivity contribution in [3.05, 3.63) is 0 Å². The van der Waals surface area contributed by atoms with Gasteiger partial charge < -0.3 is 21.3 Å². The Bertz CT molecular complexity index is 300. The fourth-order valence-corrected chi connectivity index (χ4v) is 1.58. The van der Waals surface area contributed by atoms with E-state index in [9.17, 15) is 14.4 Å². The Morgan fingerprint density at radius 3 is 2.24 bits per heavy atom. The predicted octanol–water partition coefficient (Wildman–Crippen LogP) is -2.20. The third-order valence-corrected chi connectivity index (χ3v) is 2.50. The molecule has 4 N–H and O–H groups in total. The van der Waals surface area contributed by atoms with Gasteiger partial charge in [0.25, 0.3) is 0 Å². The van der Waals surface area contributed by atoms with Crippen LogP contribution in [0.4, 0.5) is 0 Å². The summed E-state index contributed by atoms with van der Waals surface area (Å²) in [5.41, 5.74) is 5.17. The molecule has 0 aliphatic carbocycles. The summed E-state index contributed by atoms with van der Waals surface area (Å²) < 4.78 is 0. The van der Waals surface area contributed by atoms with E-state index >= 15 is 0 Å². The van der Waals surface area contributed by atoms with E-state index in [0.717, 1.165) is 25.9 Å². The molecule has 17 heavy (non-hydrogen) atoms. The summed E-state index contributed by atoms with van der Waals surface area (Å²) in [7, 11) is 0. The maximum absolute atomic E-state index is 11.5. The van der Waals surface area contributed by atoms with E-state index in [0.29, 0.717) is 0 Å². The molecule has 7 nitrogen and oxygen atoms in total. The lowest BCUT2D eigenvalue weighted by atomic mass is 10.4. The highest BCUT2D eigenvalue weighted by atomic mass is 16.2. The summed E-state index contributed by atoms with van der Waals surface area (Å²) in [6, 6.07) is 0. The van der Waals surface area contributed by atoms with E-state index in [4.69, 9.17) is 5.73 Å². The van der Waals surface area contributed by atoms with Gasteiger partial charge in [0.1, 0.15) is 0 Å². The molecule has 1 saturated heterocycles. The van der Waals surface area contributed by atoms with Crippen LogP contribution in [0.5, 0.6) is 0 Å². The molecule has 0 saturated carbocycles. The van der Waals surface area contributed by atoms with Crippen molar-refractivity contribution in [1.29, 1.82) is 0 Å². The van der Waals surface area contributed by atoms with Crippen LogP contribution in [-0.2, 0) is 14.4 Å². The zero-order valence-corrected chi connectivity index (χ0v) is 9.70. The summed E-state index contributed by atoms with van der Waals surface area (Å²) in [6.45, 7) is 1.84. The smallest absolute Gasteiger partial charge is 0.309 e. The number of nitrogens with two attached hydrogens (primary N) is 1. The Kier molecular flexibility index (Phi) is 5.41. The first-order valence-corrected chi connectivity index (χ1v) is 5.69. The van der Waals surface area contributed by atoms with Crippen LogP contribution in [-0.4, -0.2) is 55.3 Å². The Balaban J connectivity index is 2.22. The minimum Gasteiger partial charge on any atom is -0.347 e. The number of hydrogen-bond acceptors (Lipinski definition) is 4. The fourth-order valence-electron chi connectivity index (χ4n) is 1.58. The standard InChI is InChI=1S/C10H18N4O3/c11-3-4-12-9(16)10(17)13-7-8(15)14-5-1-2-6-14/h1-7,11H2,(H,12,16)(H,13,17). The predicted molar refractivity (Wildman–Crippen MR) is 60.9 cm³/mol. The highest BCUT2D eigenvalue weighted by molar-refractivity contribution is 6.35. The van der Waals surface area contributed by atoms with E-state index in [2.05, 4.69) is 10.6 Å². The van der Waals surface area contributed by atoms with E-state index in [1.165, 1.54) is 0 Å². The summed E-state index contributed by atoms with van der Waals surface area (Å²) in [5.74, 6) is -1.71. The summed E-state index contributed by atoms with van der Waals surface area (Å²) >= 11 is 0. The molecule has 96 valence electrons. The van der Waals surface area contributed by atoms with Crippen molar-refractivity contribution in [1.82, 2.24) is 15.5 Å². The van der Waals surface area contributed by atoms with Crippen LogP contribution in [0.3, 0.4) is 0 Å². The van der Waals surface area contributed by atoms with Gasteiger partial charge in [-0.05, 0) is 12.8 Å². The zero-order chi connectivity index (χ0) is 12.7. The third kappa shape index (κ3) is 4.39. The van der Waals surface area contributed by atoms with Gasteiger partial charge in [0, 0.05) is 26.2 Å². The van der Waals surface area contributed by atoms with Crippen molar-refractivity contribution >= 4 is 17.7 Å². The molecule has 1 fully saturated rings. The maximum atomic E-state index is 11.5. The molecule has 0 aromatic heterocycles. The second kappa shape index (κ2) is 6.85. The Hall–Kier alpha value is -1.63. The van der Waals surface area contributed by atoms with Gasteiger partial charge in [0.2, 0.25) is 5.91 Å². The van der Waals surface area contributed by atoms with Gasteiger partial charge in [-0.25, -0.2) is 0 Å². The number of carbonyl (C=O) groups excluding carboxylic acids is 3. The number of nitrogens with zero attached hydrogens (tertiary/aromatic N) is 1. The van der Waals surface area contributed by atoms with Crippen molar-refractivity contribution in [3.8, 4) is 0 Å². The van der Waals surface area contributed by atoms with Crippen molar-refractivity contribution < 1.29 is 14.4 Å². The molecular formula is C10H18N4O3. The summed E-state index contributed by atoms with van der Waals surface area (Å²) in [4.78, 5) is 35.6. The van der Waals surface area contributed by atoms with Crippen molar-refractivity contribution in [2.24, 2.45) is 5.73 Å². The molecule has 3 amide bonds. The zero-order valence-electron chi connectivity index (χ0n) is 9.70. The summed E-state index contributed by atoms with van der Waals surface area (Å²) in [5, 5.41) is 4.61. The normalized spacial score (nSPS) is 14.5. The van der Waals surface area contributed by atoms with Crippen LogP contribution in [0.15, 0.2) is 0 Å². The molecular weight excluding hydrogens is 224 g/mol. The van der Waals surface area contributed by atoms with Gasteiger partial charge in [0.15, 0.2) is 0 Å². The number of hydrogen-bond donors (Lipinski definition) is 3. The monoisotopic (exact) mass is 242 g/mol. The van der Waals surface area contributed by atoms with Gasteiger partial charge in [0.05, 0.1) is 6.54 Å². The molecule has 0 spiro atoms. The lowest BCUT2D eigenvalue weighted by molar-refractivity contribution is -0.140. The maximum Gasteiger partial charge on any atom is 0.309 e. The molecule has 0 unspecified atom stereocenters. The van der Waals surface area contributed by atoms with E-state index < -0.39 is 11.8 Å². The van der Waals surface area contributed by atoms with Crippen LogP contribution in [0.2, 0.25) is 0 Å². The highest BCUT2D eigenvalue weighted by Gasteiger charge is 2.19. The lowest BCUT2D eigenvalue weighted by Gasteiger charge is -2.15. The molecule has 7 heteroatoms. The minimum absolute atomic E-state index is 0.130. The first kappa shape index (κ1) is 13.4. The SMILES string of the molecule is NCCNC(=O)C(=O)NCC(=O)N1CCCC1. The molecule has 1 rings (SSSR count). The van der Waals surface area contributed by atoms with Gasteiger partial charge in [-0.15, -0.1) is 0 Å². The van der Waals surface area contributed by atoms with E-state index in [1.54, 1.807) is 4.90 Å². The van der Waals surface area contributed by atoms with E-state index in [-0.39, 0.29) is 25.5 Å². The second-order valence-corrected chi connectivity index (χ2v) is 3.82. The highest BCUT2D eigenvalue weighted by Crippen LogP contribution is 2.06. The van der Waals surface area contributed by atoms with Gasteiger partial charge in [-0.1, -0.05) is 0 Å². The van der Waals surface area contributed by atoms with Gasteiger partial charge in [-0.3, -0.25) is 14.4 Å². The van der Waals surface area contributed by atoms with Crippen molar-refractivity contribution in [2.75, 3.05) is 32.7 Å². The second-order valence-electron chi connectivity index (χ2n) is 3.82.